The molecule has 0 spiro atoms. The Balaban J connectivity index is 2.06. The maximum atomic E-state index is 5.14. The molecule has 0 radical (unpaired) electrons. The molecule has 0 bridgehead atoms. The minimum Gasteiger partial charge on any atom is -0.383 e. The maximum Gasteiger partial charge on any atom is 0.180 e. The van der Waals surface area contributed by atoms with E-state index in [0.717, 1.165) is 17.9 Å². The lowest BCUT2D eigenvalue weighted by Gasteiger charge is -2.04. The van der Waals surface area contributed by atoms with Crippen molar-refractivity contribution in [1.82, 2.24) is 19.7 Å². The van der Waals surface area contributed by atoms with Gasteiger partial charge in [0.15, 0.2) is 5.82 Å². The number of halogens is 1. The van der Waals surface area contributed by atoms with Gasteiger partial charge in [0.25, 0.3) is 0 Å². The maximum absolute atomic E-state index is 5.14. The largest absolute Gasteiger partial charge is 0.383 e. The van der Waals surface area contributed by atoms with Crippen LogP contribution in [-0.2, 0) is 11.3 Å². The predicted molar refractivity (Wildman–Crippen MR) is 81.9 cm³/mol. The summed E-state index contributed by atoms with van der Waals surface area (Å²) >= 11 is 2.35. The first-order valence-corrected chi connectivity index (χ1v) is 7.01. The van der Waals surface area contributed by atoms with E-state index < -0.39 is 0 Å². The van der Waals surface area contributed by atoms with Crippen molar-refractivity contribution in [2.24, 2.45) is 0 Å². The van der Waals surface area contributed by atoms with Gasteiger partial charge in [-0.2, -0.15) is 5.10 Å². The van der Waals surface area contributed by atoms with Crippen molar-refractivity contribution in [3.8, 4) is 11.4 Å². The first-order chi connectivity index (χ1) is 9.29. The fourth-order valence-electron chi connectivity index (χ4n) is 2.12. The molecular formula is C13H13IN4O. The van der Waals surface area contributed by atoms with Crippen LogP contribution in [0, 0.1) is 3.57 Å². The van der Waals surface area contributed by atoms with E-state index >= 15 is 0 Å². The number of methoxy groups -OCH3 is 1. The summed E-state index contributed by atoms with van der Waals surface area (Å²) in [4.78, 5) is 4.18. The third-order valence-electron chi connectivity index (χ3n) is 3.04. The van der Waals surface area contributed by atoms with Crippen molar-refractivity contribution in [2.75, 3.05) is 13.7 Å². The van der Waals surface area contributed by atoms with E-state index in [9.17, 15) is 0 Å². The summed E-state index contributed by atoms with van der Waals surface area (Å²) in [6.07, 6.45) is 3.74. The third kappa shape index (κ3) is 2.37. The van der Waals surface area contributed by atoms with Gasteiger partial charge in [0.2, 0.25) is 0 Å². The lowest BCUT2D eigenvalue weighted by Crippen LogP contribution is -2.02. The molecule has 3 rings (SSSR count). The van der Waals surface area contributed by atoms with Crippen LogP contribution in [0.1, 0.15) is 0 Å². The highest BCUT2D eigenvalue weighted by Gasteiger charge is 2.09. The molecule has 0 saturated carbocycles. The molecule has 2 aromatic heterocycles. The Morgan fingerprint density at radius 3 is 3.05 bits per heavy atom. The van der Waals surface area contributed by atoms with Gasteiger partial charge in [0, 0.05) is 39.9 Å². The molecule has 3 aromatic rings. The number of hydrogen-bond acceptors (Lipinski definition) is 3. The molecule has 1 aromatic carbocycles. The second-order valence-electron chi connectivity index (χ2n) is 4.22. The number of aromatic amines is 1. The van der Waals surface area contributed by atoms with Crippen molar-refractivity contribution in [3.05, 3.63) is 34.3 Å². The van der Waals surface area contributed by atoms with E-state index in [1.54, 1.807) is 13.4 Å². The highest BCUT2D eigenvalue weighted by atomic mass is 127. The van der Waals surface area contributed by atoms with Crippen LogP contribution in [0.3, 0.4) is 0 Å². The molecule has 0 fully saturated rings. The topological polar surface area (TPSA) is 55.7 Å². The van der Waals surface area contributed by atoms with Crippen LogP contribution >= 0.6 is 22.6 Å². The summed E-state index contributed by atoms with van der Waals surface area (Å²) in [5.41, 5.74) is 2.23. The van der Waals surface area contributed by atoms with Crippen molar-refractivity contribution in [2.45, 2.75) is 6.54 Å². The van der Waals surface area contributed by atoms with Crippen molar-refractivity contribution >= 4 is 33.5 Å². The predicted octanol–water partition coefficient (Wildman–Crippen LogP) is 2.68. The number of fused-ring (bicyclic) bond motifs is 1. The van der Waals surface area contributed by atoms with Gasteiger partial charge in [-0.05, 0) is 40.8 Å². The van der Waals surface area contributed by atoms with E-state index in [1.807, 2.05) is 6.07 Å². The minimum absolute atomic E-state index is 0.711. The van der Waals surface area contributed by atoms with Gasteiger partial charge in [-0.1, -0.05) is 0 Å². The zero-order valence-corrected chi connectivity index (χ0v) is 12.6. The molecule has 0 aliphatic rings. The summed E-state index contributed by atoms with van der Waals surface area (Å²) in [7, 11) is 1.72. The Morgan fingerprint density at radius 1 is 1.42 bits per heavy atom. The van der Waals surface area contributed by atoms with Gasteiger partial charge in [0.1, 0.15) is 6.33 Å². The molecule has 0 unspecified atom stereocenters. The molecule has 0 aliphatic heterocycles. The molecule has 0 atom stereocenters. The first-order valence-electron chi connectivity index (χ1n) is 5.93. The second kappa shape index (κ2) is 5.30. The number of nitrogens with zero attached hydrogens (tertiary/aromatic N) is 3. The van der Waals surface area contributed by atoms with Crippen molar-refractivity contribution in [1.29, 1.82) is 0 Å². The lowest BCUT2D eigenvalue weighted by molar-refractivity contribution is 0.188. The Bertz CT molecular complexity index is 690. The van der Waals surface area contributed by atoms with Gasteiger partial charge < -0.3 is 9.30 Å². The number of H-pyrrole nitrogens is 1. The van der Waals surface area contributed by atoms with Crippen LogP contribution in [0.15, 0.2) is 30.7 Å². The number of nitrogens with one attached hydrogen (secondary N) is 1. The Hall–Kier alpha value is -1.41. The van der Waals surface area contributed by atoms with Crippen LogP contribution < -0.4 is 0 Å². The lowest BCUT2D eigenvalue weighted by atomic mass is 10.1. The zero-order chi connectivity index (χ0) is 13.2. The standard InChI is InChI=1S/C13H13IN4O/c1-19-5-4-18-7-11(14)10-6-9(2-3-12(10)18)13-15-8-16-17-13/h2-3,6-8H,4-5H2,1H3,(H,15,16,17). The van der Waals surface area contributed by atoms with Crippen molar-refractivity contribution < 1.29 is 4.74 Å². The Labute approximate surface area is 124 Å². The number of rotatable bonds is 4. The molecular weight excluding hydrogens is 355 g/mol. The van der Waals surface area contributed by atoms with E-state index in [0.29, 0.717) is 6.61 Å². The summed E-state index contributed by atoms with van der Waals surface area (Å²) < 4.78 is 8.57. The SMILES string of the molecule is COCCn1cc(I)c2cc(-c3nc[nH]n3)ccc21. The number of benzene rings is 1. The van der Waals surface area contributed by atoms with Crippen LogP contribution in [0.5, 0.6) is 0 Å². The van der Waals surface area contributed by atoms with E-state index in [4.69, 9.17) is 4.74 Å². The average molecular weight is 368 g/mol. The van der Waals surface area contributed by atoms with Crippen LogP contribution in [0.2, 0.25) is 0 Å². The smallest absolute Gasteiger partial charge is 0.180 e. The molecule has 2 heterocycles. The Morgan fingerprint density at radius 2 is 2.32 bits per heavy atom. The average Bonchev–Trinajstić information content (AvgIpc) is 3.05. The van der Waals surface area contributed by atoms with Crippen molar-refractivity contribution in [3.63, 3.8) is 0 Å². The van der Waals surface area contributed by atoms with Gasteiger partial charge >= 0.3 is 0 Å². The molecule has 1 N–H and O–H groups in total. The molecule has 98 valence electrons. The number of ether oxygens (including phenoxy) is 1. The van der Waals surface area contributed by atoms with Gasteiger partial charge in [-0.25, -0.2) is 4.98 Å². The fourth-order valence-corrected chi connectivity index (χ4v) is 2.88. The Kier molecular flexibility index (Phi) is 3.52. The molecule has 0 aliphatic carbocycles. The number of aromatic nitrogens is 4. The monoisotopic (exact) mass is 368 g/mol. The molecule has 19 heavy (non-hydrogen) atoms. The van der Waals surface area contributed by atoms with Crippen LogP contribution in [0.4, 0.5) is 0 Å². The van der Waals surface area contributed by atoms with Crippen LogP contribution in [0.25, 0.3) is 22.3 Å². The molecule has 0 saturated heterocycles. The van der Waals surface area contributed by atoms with Gasteiger partial charge in [0.05, 0.1) is 6.61 Å². The zero-order valence-electron chi connectivity index (χ0n) is 10.4. The molecule has 0 amide bonds. The molecule has 5 nitrogen and oxygen atoms in total. The quantitative estimate of drug-likeness (QED) is 0.721. The number of hydrogen-bond donors (Lipinski definition) is 1. The second-order valence-corrected chi connectivity index (χ2v) is 5.38. The van der Waals surface area contributed by atoms with Crippen LogP contribution in [-0.4, -0.2) is 33.5 Å². The summed E-state index contributed by atoms with van der Waals surface area (Å²) in [6, 6.07) is 6.29. The summed E-state index contributed by atoms with van der Waals surface area (Å²) in [5.74, 6) is 0.724. The summed E-state index contributed by atoms with van der Waals surface area (Å²) in [6.45, 7) is 1.57. The highest BCUT2D eigenvalue weighted by molar-refractivity contribution is 14.1. The first kappa shape index (κ1) is 12.6. The van der Waals surface area contributed by atoms with Gasteiger partial charge in [-0.3, -0.25) is 5.10 Å². The van der Waals surface area contributed by atoms with E-state index in [1.165, 1.54) is 14.5 Å². The fraction of sp³-hybridized carbons (Fsp3) is 0.231. The minimum atomic E-state index is 0.711. The third-order valence-corrected chi connectivity index (χ3v) is 3.90. The van der Waals surface area contributed by atoms with E-state index in [2.05, 4.69) is 60.7 Å². The summed E-state index contributed by atoms with van der Waals surface area (Å²) in [5, 5.41) is 8.07. The molecule has 6 heteroatoms. The highest BCUT2D eigenvalue weighted by Crippen LogP contribution is 2.27. The van der Waals surface area contributed by atoms with Gasteiger partial charge in [-0.15, -0.1) is 0 Å². The normalized spacial score (nSPS) is 11.3. The van der Waals surface area contributed by atoms with E-state index in [-0.39, 0.29) is 0 Å².